The van der Waals surface area contributed by atoms with Gasteiger partial charge < -0.3 is 15.0 Å². The smallest absolute Gasteiger partial charge is 0.338 e. The first-order chi connectivity index (χ1) is 13.8. The number of amides is 2. The Bertz CT molecular complexity index is 905. The van der Waals surface area contributed by atoms with E-state index in [2.05, 4.69) is 5.32 Å². The zero-order valence-corrected chi connectivity index (χ0v) is 17.0. The van der Waals surface area contributed by atoms with Gasteiger partial charge in [-0.25, -0.2) is 4.79 Å². The van der Waals surface area contributed by atoms with Crippen molar-refractivity contribution in [3.63, 3.8) is 0 Å². The van der Waals surface area contributed by atoms with Crippen molar-refractivity contribution >= 4 is 29.2 Å². The number of rotatable bonds is 6. The zero-order chi connectivity index (χ0) is 21.0. The molecule has 1 heterocycles. The van der Waals surface area contributed by atoms with E-state index < -0.39 is 11.9 Å². The van der Waals surface area contributed by atoms with Crippen molar-refractivity contribution < 1.29 is 19.1 Å². The summed E-state index contributed by atoms with van der Waals surface area (Å²) in [5.74, 6) is -0.921. The minimum absolute atomic E-state index is 0.0694. The van der Waals surface area contributed by atoms with Crippen LogP contribution in [0.15, 0.2) is 48.5 Å². The van der Waals surface area contributed by atoms with Gasteiger partial charge in [0, 0.05) is 24.3 Å². The molecule has 0 bridgehead atoms. The van der Waals surface area contributed by atoms with Gasteiger partial charge in [-0.2, -0.15) is 0 Å². The maximum absolute atomic E-state index is 12.7. The summed E-state index contributed by atoms with van der Waals surface area (Å²) in [6.45, 7) is 6.59. The van der Waals surface area contributed by atoms with Crippen LogP contribution in [0.5, 0.6) is 0 Å². The molecule has 0 radical (unpaired) electrons. The van der Waals surface area contributed by atoms with Crippen LogP contribution in [-0.2, 0) is 14.3 Å². The van der Waals surface area contributed by atoms with Gasteiger partial charge in [0.05, 0.1) is 18.1 Å². The third kappa shape index (κ3) is 5.22. The fourth-order valence-corrected chi connectivity index (χ4v) is 3.15. The van der Waals surface area contributed by atoms with E-state index in [0.29, 0.717) is 24.4 Å². The molecule has 6 heteroatoms. The Morgan fingerprint density at radius 1 is 1.17 bits per heavy atom. The normalized spacial score (nSPS) is 16.2. The number of carbonyl (C=O) groups is 3. The summed E-state index contributed by atoms with van der Waals surface area (Å²) in [6, 6.07) is 14.3. The van der Waals surface area contributed by atoms with E-state index in [1.807, 2.05) is 45.0 Å². The number of hydrogen-bond acceptors (Lipinski definition) is 4. The van der Waals surface area contributed by atoms with Gasteiger partial charge in [0.15, 0.2) is 0 Å². The SMILES string of the molecule is Cc1ccc(N2CC(C(=O)Nc3cccc(C(=O)OCC(C)C)c3)CC2=O)cc1. The van der Waals surface area contributed by atoms with Gasteiger partial charge in [0.25, 0.3) is 0 Å². The van der Waals surface area contributed by atoms with Crippen LogP contribution in [0.4, 0.5) is 11.4 Å². The van der Waals surface area contributed by atoms with Crippen LogP contribution in [0.25, 0.3) is 0 Å². The lowest BCUT2D eigenvalue weighted by molar-refractivity contribution is -0.122. The first-order valence-electron chi connectivity index (χ1n) is 9.78. The lowest BCUT2D eigenvalue weighted by atomic mass is 10.1. The lowest BCUT2D eigenvalue weighted by Gasteiger charge is -2.17. The third-order valence-electron chi connectivity index (χ3n) is 4.76. The van der Waals surface area contributed by atoms with Crippen molar-refractivity contribution in [3.8, 4) is 0 Å². The van der Waals surface area contributed by atoms with Crippen molar-refractivity contribution in [1.29, 1.82) is 0 Å². The Morgan fingerprint density at radius 3 is 2.59 bits per heavy atom. The second-order valence-corrected chi connectivity index (χ2v) is 7.80. The Morgan fingerprint density at radius 2 is 1.90 bits per heavy atom. The van der Waals surface area contributed by atoms with Crippen molar-refractivity contribution in [3.05, 3.63) is 59.7 Å². The number of ether oxygens (including phenoxy) is 1. The number of hydrogen-bond donors (Lipinski definition) is 1. The van der Waals surface area contributed by atoms with E-state index in [-0.39, 0.29) is 24.2 Å². The zero-order valence-electron chi connectivity index (χ0n) is 17.0. The Hall–Kier alpha value is -3.15. The summed E-state index contributed by atoms with van der Waals surface area (Å²) < 4.78 is 5.23. The Balaban J connectivity index is 1.63. The number of esters is 1. The molecule has 0 spiro atoms. The number of nitrogens with zero attached hydrogens (tertiary/aromatic N) is 1. The molecule has 2 amide bonds. The quantitative estimate of drug-likeness (QED) is 0.756. The van der Waals surface area contributed by atoms with Gasteiger partial charge in [-0.3, -0.25) is 9.59 Å². The molecule has 1 aliphatic rings. The molecule has 0 saturated carbocycles. The van der Waals surface area contributed by atoms with Crippen LogP contribution in [0.1, 0.15) is 36.2 Å². The van der Waals surface area contributed by atoms with E-state index in [0.717, 1.165) is 11.3 Å². The van der Waals surface area contributed by atoms with Crippen LogP contribution in [0.2, 0.25) is 0 Å². The first-order valence-corrected chi connectivity index (χ1v) is 9.78. The topological polar surface area (TPSA) is 75.7 Å². The molecule has 3 rings (SSSR count). The second kappa shape index (κ2) is 8.90. The van der Waals surface area contributed by atoms with Crippen LogP contribution in [0, 0.1) is 18.8 Å². The van der Waals surface area contributed by atoms with Gasteiger partial charge >= 0.3 is 5.97 Å². The maximum atomic E-state index is 12.7. The van der Waals surface area contributed by atoms with E-state index in [1.165, 1.54) is 0 Å². The molecule has 1 N–H and O–H groups in total. The van der Waals surface area contributed by atoms with Crippen LogP contribution in [-0.4, -0.2) is 30.9 Å². The number of anilines is 2. The van der Waals surface area contributed by atoms with Gasteiger partial charge in [-0.15, -0.1) is 0 Å². The third-order valence-corrected chi connectivity index (χ3v) is 4.76. The second-order valence-electron chi connectivity index (χ2n) is 7.80. The van der Waals surface area contributed by atoms with Crippen molar-refractivity contribution in [2.75, 3.05) is 23.4 Å². The highest BCUT2D eigenvalue weighted by molar-refractivity contribution is 6.03. The van der Waals surface area contributed by atoms with Crippen molar-refractivity contribution in [2.45, 2.75) is 27.2 Å². The molecule has 152 valence electrons. The predicted octanol–water partition coefficient (Wildman–Crippen LogP) is 3.80. The van der Waals surface area contributed by atoms with Gasteiger partial charge in [-0.05, 0) is 43.2 Å². The van der Waals surface area contributed by atoms with E-state index >= 15 is 0 Å². The number of carbonyl (C=O) groups excluding carboxylic acids is 3. The minimum Gasteiger partial charge on any atom is -0.462 e. The molecule has 29 heavy (non-hydrogen) atoms. The monoisotopic (exact) mass is 394 g/mol. The summed E-state index contributed by atoms with van der Waals surface area (Å²) in [5.41, 5.74) is 2.80. The number of nitrogens with one attached hydrogen (secondary N) is 1. The largest absolute Gasteiger partial charge is 0.462 e. The highest BCUT2D eigenvalue weighted by Gasteiger charge is 2.35. The molecule has 1 aliphatic heterocycles. The fourth-order valence-electron chi connectivity index (χ4n) is 3.15. The molecule has 6 nitrogen and oxygen atoms in total. The summed E-state index contributed by atoms with van der Waals surface area (Å²) in [4.78, 5) is 38.8. The average Bonchev–Trinajstić information content (AvgIpc) is 3.08. The Labute approximate surface area is 170 Å². The molecule has 1 fully saturated rings. The molecule has 1 saturated heterocycles. The fraction of sp³-hybridized carbons (Fsp3) is 0.348. The van der Waals surface area contributed by atoms with E-state index in [4.69, 9.17) is 4.74 Å². The first kappa shape index (κ1) is 20.6. The van der Waals surface area contributed by atoms with Crippen LogP contribution in [0.3, 0.4) is 0 Å². The molecular weight excluding hydrogens is 368 g/mol. The number of aryl methyl sites for hydroxylation is 1. The summed E-state index contributed by atoms with van der Waals surface area (Å²) in [6.07, 6.45) is 0.163. The number of benzene rings is 2. The van der Waals surface area contributed by atoms with Gasteiger partial charge in [-0.1, -0.05) is 37.6 Å². The molecule has 1 atom stereocenters. The molecule has 0 aromatic heterocycles. The highest BCUT2D eigenvalue weighted by Crippen LogP contribution is 2.26. The lowest BCUT2D eigenvalue weighted by Crippen LogP contribution is -2.28. The van der Waals surface area contributed by atoms with E-state index in [9.17, 15) is 14.4 Å². The van der Waals surface area contributed by atoms with Gasteiger partial charge in [0.1, 0.15) is 0 Å². The molecule has 1 unspecified atom stereocenters. The van der Waals surface area contributed by atoms with Crippen LogP contribution < -0.4 is 10.2 Å². The average molecular weight is 394 g/mol. The molecule has 0 aliphatic carbocycles. The molecule has 2 aromatic carbocycles. The molecular formula is C23H26N2O4. The predicted molar refractivity (Wildman–Crippen MR) is 112 cm³/mol. The van der Waals surface area contributed by atoms with Crippen molar-refractivity contribution in [2.24, 2.45) is 11.8 Å². The maximum Gasteiger partial charge on any atom is 0.338 e. The minimum atomic E-state index is -0.444. The van der Waals surface area contributed by atoms with Gasteiger partial charge in [0.2, 0.25) is 11.8 Å². The summed E-state index contributed by atoms with van der Waals surface area (Å²) in [5, 5.41) is 2.82. The molecule has 2 aromatic rings. The van der Waals surface area contributed by atoms with E-state index in [1.54, 1.807) is 29.2 Å². The standard InChI is InChI=1S/C23H26N2O4/c1-15(2)14-29-23(28)17-5-4-6-19(11-17)24-22(27)18-12-21(26)25(13-18)20-9-7-16(3)8-10-20/h4-11,15,18H,12-14H2,1-3H3,(H,24,27). The highest BCUT2D eigenvalue weighted by atomic mass is 16.5. The van der Waals surface area contributed by atoms with Crippen molar-refractivity contribution in [1.82, 2.24) is 0 Å². The summed E-state index contributed by atoms with van der Waals surface area (Å²) in [7, 11) is 0. The van der Waals surface area contributed by atoms with Crippen LogP contribution >= 0.6 is 0 Å². The summed E-state index contributed by atoms with van der Waals surface area (Å²) >= 11 is 0. The Kier molecular flexibility index (Phi) is 6.32.